The van der Waals surface area contributed by atoms with Gasteiger partial charge in [-0.3, -0.25) is 9.59 Å². The molecule has 0 atom stereocenters. The molecule has 6 heteroatoms. The Hall–Kier alpha value is -3.41. The number of hydrogen-bond donors (Lipinski definition) is 1. The molecule has 0 aliphatic carbocycles. The van der Waals surface area contributed by atoms with E-state index in [1.165, 1.54) is 6.42 Å². The van der Waals surface area contributed by atoms with E-state index in [1.54, 1.807) is 18.3 Å². The van der Waals surface area contributed by atoms with Gasteiger partial charge in [0.25, 0.3) is 11.8 Å². The van der Waals surface area contributed by atoms with Gasteiger partial charge in [-0.05, 0) is 56.0 Å². The number of likely N-dealkylation sites (tertiary alicyclic amines) is 1. The summed E-state index contributed by atoms with van der Waals surface area (Å²) in [5.41, 5.74) is 2.74. The first-order valence-corrected chi connectivity index (χ1v) is 10.4. The minimum atomic E-state index is -0.223. The molecule has 1 aromatic heterocycles. The zero-order valence-electron chi connectivity index (χ0n) is 17.2. The van der Waals surface area contributed by atoms with Gasteiger partial charge in [0, 0.05) is 37.6 Å². The molecular weight excluding hydrogens is 376 g/mol. The lowest BCUT2D eigenvalue weighted by molar-refractivity contribution is 0.0725. The summed E-state index contributed by atoms with van der Waals surface area (Å²) in [7, 11) is 0. The van der Waals surface area contributed by atoms with Crippen LogP contribution < -0.4 is 5.32 Å². The molecule has 0 radical (unpaired) electrons. The summed E-state index contributed by atoms with van der Waals surface area (Å²) in [6, 6.07) is 14.7. The first kappa shape index (κ1) is 19.9. The minimum absolute atomic E-state index is 0.0170. The highest BCUT2D eigenvalue weighted by Gasteiger charge is 2.21. The molecule has 1 aliphatic heterocycles. The van der Waals surface area contributed by atoms with Gasteiger partial charge in [0.15, 0.2) is 0 Å². The number of aromatic nitrogens is 2. The largest absolute Gasteiger partial charge is 0.339 e. The topological polar surface area (TPSA) is 67.2 Å². The van der Waals surface area contributed by atoms with Crippen molar-refractivity contribution in [3.63, 3.8) is 0 Å². The molecule has 1 saturated heterocycles. The van der Waals surface area contributed by atoms with E-state index in [-0.39, 0.29) is 11.8 Å². The highest BCUT2D eigenvalue weighted by atomic mass is 16.2. The molecule has 3 aromatic rings. The molecule has 6 nitrogen and oxygen atoms in total. The van der Waals surface area contributed by atoms with Crippen molar-refractivity contribution in [2.45, 2.75) is 32.7 Å². The molecule has 1 aliphatic rings. The third-order valence-electron chi connectivity index (χ3n) is 5.54. The monoisotopic (exact) mass is 402 g/mol. The summed E-state index contributed by atoms with van der Waals surface area (Å²) >= 11 is 0. The van der Waals surface area contributed by atoms with E-state index >= 15 is 0 Å². The zero-order valence-corrected chi connectivity index (χ0v) is 17.2. The SMILES string of the molecule is Cc1nccn1Cc1ccc(C(=O)Nc2ccccc2C(=O)N2CCCCC2)cc1. The number of aryl methyl sites for hydroxylation is 1. The van der Waals surface area contributed by atoms with Crippen molar-refractivity contribution in [1.82, 2.24) is 14.5 Å². The molecular formula is C24H26N4O2. The predicted molar refractivity (Wildman–Crippen MR) is 117 cm³/mol. The standard InChI is InChI=1S/C24H26N4O2/c1-18-25-13-16-28(18)17-19-9-11-20(12-10-19)23(29)26-22-8-4-3-7-21(22)24(30)27-14-5-2-6-15-27/h3-4,7-13,16H,2,5-6,14-15,17H2,1H3,(H,26,29). The lowest BCUT2D eigenvalue weighted by Gasteiger charge is -2.27. The van der Waals surface area contributed by atoms with Crippen LogP contribution in [0.1, 0.15) is 51.4 Å². The summed E-state index contributed by atoms with van der Waals surface area (Å²) < 4.78 is 2.05. The molecule has 0 bridgehead atoms. The summed E-state index contributed by atoms with van der Waals surface area (Å²) in [6.45, 7) is 4.23. The Bertz CT molecular complexity index is 1030. The van der Waals surface area contributed by atoms with E-state index in [4.69, 9.17) is 0 Å². The van der Waals surface area contributed by atoms with Gasteiger partial charge in [0.1, 0.15) is 5.82 Å². The van der Waals surface area contributed by atoms with Crippen LogP contribution in [0.3, 0.4) is 0 Å². The van der Waals surface area contributed by atoms with Crippen LogP contribution in [-0.2, 0) is 6.54 Å². The Morgan fingerprint density at radius 2 is 1.73 bits per heavy atom. The maximum absolute atomic E-state index is 12.9. The van der Waals surface area contributed by atoms with E-state index in [2.05, 4.69) is 14.9 Å². The summed E-state index contributed by atoms with van der Waals surface area (Å²) in [4.78, 5) is 31.8. The van der Waals surface area contributed by atoms with Crippen molar-refractivity contribution in [2.24, 2.45) is 0 Å². The van der Waals surface area contributed by atoms with Gasteiger partial charge in [0.2, 0.25) is 0 Å². The zero-order chi connectivity index (χ0) is 20.9. The molecule has 2 aromatic carbocycles. The van der Waals surface area contributed by atoms with Crippen molar-refractivity contribution < 1.29 is 9.59 Å². The lowest BCUT2D eigenvalue weighted by Crippen LogP contribution is -2.36. The van der Waals surface area contributed by atoms with Gasteiger partial charge in [-0.2, -0.15) is 0 Å². The van der Waals surface area contributed by atoms with Crippen molar-refractivity contribution in [1.29, 1.82) is 0 Å². The van der Waals surface area contributed by atoms with Gasteiger partial charge in [-0.15, -0.1) is 0 Å². The quantitative estimate of drug-likeness (QED) is 0.698. The van der Waals surface area contributed by atoms with Crippen LogP contribution in [0.4, 0.5) is 5.69 Å². The van der Waals surface area contributed by atoms with Crippen LogP contribution in [0.15, 0.2) is 60.9 Å². The van der Waals surface area contributed by atoms with E-state index in [0.29, 0.717) is 23.4 Å². The minimum Gasteiger partial charge on any atom is -0.339 e. The predicted octanol–water partition coefficient (Wildman–Crippen LogP) is 4.12. The molecule has 30 heavy (non-hydrogen) atoms. The van der Waals surface area contributed by atoms with Crippen molar-refractivity contribution in [2.75, 3.05) is 18.4 Å². The second kappa shape index (κ2) is 8.95. The number of nitrogens with one attached hydrogen (secondary N) is 1. The van der Waals surface area contributed by atoms with Crippen molar-refractivity contribution in [3.8, 4) is 0 Å². The molecule has 0 saturated carbocycles. The first-order valence-electron chi connectivity index (χ1n) is 10.4. The number of piperidine rings is 1. The van der Waals surface area contributed by atoms with Gasteiger partial charge in [0.05, 0.1) is 11.3 Å². The number of benzene rings is 2. The summed E-state index contributed by atoms with van der Waals surface area (Å²) in [5.74, 6) is 0.711. The summed E-state index contributed by atoms with van der Waals surface area (Å²) in [6.07, 6.45) is 6.95. The van der Waals surface area contributed by atoms with E-state index in [1.807, 2.05) is 54.4 Å². The highest BCUT2D eigenvalue weighted by molar-refractivity contribution is 6.09. The van der Waals surface area contributed by atoms with Gasteiger partial charge < -0.3 is 14.8 Å². The number of imidazole rings is 1. The molecule has 0 spiro atoms. The smallest absolute Gasteiger partial charge is 0.255 e. The van der Waals surface area contributed by atoms with Crippen LogP contribution in [0.5, 0.6) is 0 Å². The number of amides is 2. The van der Waals surface area contributed by atoms with E-state index < -0.39 is 0 Å². The number of rotatable bonds is 5. The fourth-order valence-electron chi connectivity index (χ4n) is 3.77. The maximum Gasteiger partial charge on any atom is 0.255 e. The lowest BCUT2D eigenvalue weighted by atomic mass is 10.1. The summed E-state index contributed by atoms with van der Waals surface area (Å²) in [5, 5.41) is 2.92. The Morgan fingerprint density at radius 3 is 2.43 bits per heavy atom. The fourth-order valence-corrected chi connectivity index (χ4v) is 3.77. The van der Waals surface area contributed by atoms with Crippen LogP contribution in [0.2, 0.25) is 0 Å². The van der Waals surface area contributed by atoms with Crippen LogP contribution >= 0.6 is 0 Å². The van der Waals surface area contributed by atoms with E-state index in [9.17, 15) is 9.59 Å². The number of carbonyl (C=O) groups excluding carboxylic acids is 2. The number of para-hydroxylation sites is 1. The number of nitrogens with zero attached hydrogens (tertiary/aromatic N) is 3. The van der Waals surface area contributed by atoms with Gasteiger partial charge >= 0.3 is 0 Å². The normalized spacial score (nSPS) is 13.8. The Morgan fingerprint density at radius 1 is 1.00 bits per heavy atom. The Balaban J connectivity index is 1.46. The Kier molecular flexibility index (Phi) is 5.93. The molecule has 2 heterocycles. The van der Waals surface area contributed by atoms with Crippen LogP contribution in [0, 0.1) is 6.92 Å². The maximum atomic E-state index is 12.9. The average Bonchev–Trinajstić information content (AvgIpc) is 3.19. The molecule has 2 amide bonds. The van der Waals surface area contributed by atoms with Gasteiger partial charge in [-0.25, -0.2) is 4.98 Å². The Labute approximate surface area is 176 Å². The number of anilines is 1. The van der Waals surface area contributed by atoms with Crippen LogP contribution in [0.25, 0.3) is 0 Å². The number of carbonyl (C=O) groups is 2. The molecule has 1 N–H and O–H groups in total. The molecule has 1 fully saturated rings. The van der Waals surface area contributed by atoms with Crippen molar-refractivity contribution >= 4 is 17.5 Å². The van der Waals surface area contributed by atoms with Gasteiger partial charge in [-0.1, -0.05) is 24.3 Å². The second-order valence-corrected chi connectivity index (χ2v) is 7.65. The third-order valence-corrected chi connectivity index (χ3v) is 5.54. The highest BCUT2D eigenvalue weighted by Crippen LogP contribution is 2.21. The molecule has 154 valence electrons. The van der Waals surface area contributed by atoms with E-state index in [0.717, 1.165) is 37.3 Å². The van der Waals surface area contributed by atoms with Crippen molar-refractivity contribution in [3.05, 3.63) is 83.4 Å². The second-order valence-electron chi connectivity index (χ2n) is 7.65. The number of hydrogen-bond acceptors (Lipinski definition) is 3. The van der Waals surface area contributed by atoms with Crippen LogP contribution in [-0.4, -0.2) is 39.4 Å². The molecule has 0 unspecified atom stereocenters. The third kappa shape index (κ3) is 4.43. The molecule has 4 rings (SSSR count). The fraction of sp³-hybridized carbons (Fsp3) is 0.292. The average molecular weight is 402 g/mol. The first-order chi connectivity index (χ1) is 14.6.